The average Bonchev–Trinajstić information content (AvgIpc) is 3.16. The van der Waals surface area contributed by atoms with Crippen molar-refractivity contribution in [2.75, 3.05) is 0 Å². The molecule has 4 rings (SSSR count). The molecule has 2 aromatic carbocycles. The molecule has 0 fully saturated rings. The Balaban J connectivity index is 1.46. The van der Waals surface area contributed by atoms with Crippen molar-refractivity contribution in [1.82, 2.24) is 14.9 Å². The number of aryl methyl sites for hydroxylation is 1. The molecule has 0 unspecified atom stereocenters. The number of nitrogens with zero attached hydrogens (tertiary/aromatic N) is 2. The Morgan fingerprint density at radius 1 is 1.09 bits per heavy atom. The van der Waals surface area contributed by atoms with Gasteiger partial charge in [0.15, 0.2) is 0 Å². The summed E-state index contributed by atoms with van der Waals surface area (Å²) in [4.78, 5) is 17.0. The van der Waals surface area contributed by atoms with Gasteiger partial charge in [-0.1, -0.05) is 24.3 Å². The lowest BCUT2D eigenvalue weighted by atomic mass is 10.1. The topological polar surface area (TPSA) is 56.2 Å². The van der Waals surface area contributed by atoms with Crippen LogP contribution in [0.1, 0.15) is 36.2 Å². The maximum Gasteiger partial charge on any atom is 0.573 e. The number of nitrogens with one attached hydrogen (secondary N) is 1. The highest BCUT2D eigenvalue weighted by Crippen LogP contribution is 2.25. The highest BCUT2D eigenvalue weighted by atomic mass is 19.4. The SMILES string of the molecule is C[C@H](NC(=O)CCc1cc2cccnc2n1Cc1ccc(OC(F)(F)F)cc1)c1ccc(F)cc1. The zero-order valence-electron chi connectivity index (χ0n) is 18.8. The van der Waals surface area contributed by atoms with Crippen LogP contribution < -0.4 is 10.1 Å². The molecule has 35 heavy (non-hydrogen) atoms. The maximum absolute atomic E-state index is 13.1. The van der Waals surface area contributed by atoms with Crippen LogP contribution in [-0.2, 0) is 17.8 Å². The van der Waals surface area contributed by atoms with Crippen molar-refractivity contribution in [3.8, 4) is 5.75 Å². The van der Waals surface area contributed by atoms with Gasteiger partial charge in [-0.15, -0.1) is 13.2 Å². The van der Waals surface area contributed by atoms with E-state index in [0.29, 0.717) is 13.0 Å². The molecule has 1 atom stereocenters. The molecule has 0 radical (unpaired) electrons. The summed E-state index contributed by atoms with van der Waals surface area (Å²) >= 11 is 0. The van der Waals surface area contributed by atoms with Crippen LogP contribution in [0, 0.1) is 5.82 Å². The Labute approximate surface area is 199 Å². The number of rotatable bonds is 8. The minimum Gasteiger partial charge on any atom is -0.406 e. The molecule has 0 saturated carbocycles. The minimum absolute atomic E-state index is 0.153. The quantitative estimate of drug-likeness (QED) is 0.315. The molecule has 0 bridgehead atoms. The van der Waals surface area contributed by atoms with Crippen molar-refractivity contribution in [2.45, 2.75) is 38.7 Å². The summed E-state index contributed by atoms with van der Waals surface area (Å²) in [5, 5.41) is 3.82. The summed E-state index contributed by atoms with van der Waals surface area (Å²) in [6, 6.07) is 17.1. The predicted octanol–water partition coefficient (Wildman–Crippen LogP) is 5.93. The number of pyridine rings is 1. The highest BCUT2D eigenvalue weighted by molar-refractivity contribution is 5.79. The molecule has 0 saturated heterocycles. The third-order valence-electron chi connectivity index (χ3n) is 5.59. The van der Waals surface area contributed by atoms with Gasteiger partial charge in [0, 0.05) is 30.2 Å². The molecule has 2 heterocycles. The molecule has 9 heteroatoms. The van der Waals surface area contributed by atoms with Crippen molar-refractivity contribution in [3.63, 3.8) is 0 Å². The molecule has 1 amide bonds. The van der Waals surface area contributed by atoms with Gasteiger partial charge in [0.05, 0.1) is 6.04 Å². The number of amides is 1. The number of hydrogen-bond donors (Lipinski definition) is 1. The van der Waals surface area contributed by atoms with Crippen LogP contribution in [0.5, 0.6) is 5.75 Å². The first-order valence-corrected chi connectivity index (χ1v) is 11.0. The van der Waals surface area contributed by atoms with Gasteiger partial charge >= 0.3 is 6.36 Å². The van der Waals surface area contributed by atoms with Crippen molar-refractivity contribution >= 4 is 16.9 Å². The normalized spacial score (nSPS) is 12.5. The summed E-state index contributed by atoms with van der Waals surface area (Å²) < 4.78 is 56.3. The Hall–Kier alpha value is -3.88. The fraction of sp³-hybridized carbons (Fsp3) is 0.231. The van der Waals surface area contributed by atoms with E-state index < -0.39 is 6.36 Å². The van der Waals surface area contributed by atoms with Crippen LogP contribution in [0.4, 0.5) is 17.6 Å². The average molecular weight is 485 g/mol. The molecule has 1 N–H and O–H groups in total. The Bertz CT molecular complexity index is 1300. The molecular weight excluding hydrogens is 462 g/mol. The van der Waals surface area contributed by atoms with Crippen molar-refractivity contribution in [3.05, 3.63) is 95.6 Å². The van der Waals surface area contributed by atoms with Gasteiger partial charge in [-0.2, -0.15) is 0 Å². The van der Waals surface area contributed by atoms with E-state index in [1.54, 1.807) is 30.5 Å². The fourth-order valence-corrected chi connectivity index (χ4v) is 3.89. The van der Waals surface area contributed by atoms with E-state index in [2.05, 4.69) is 15.0 Å². The number of carbonyl (C=O) groups is 1. The van der Waals surface area contributed by atoms with Crippen molar-refractivity contribution in [1.29, 1.82) is 0 Å². The van der Waals surface area contributed by atoms with Gasteiger partial charge < -0.3 is 14.6 Å². The summed E-state index contributed by atoms with van der Waals surface area (Å²) in [6.07, 6.45) is -2.42. The standard InChI is InChI=1S/C26H23F4N3O2/c1-17(19-6-8-21(27)9-7-19)32-24(34)13-10-22-15-20-3-2-14-31-25(20)33(22)16-18-4-11-23(12-5-18)35-26(28,29)30/h2-9,11-12,14-15,17H,10,13,16H2,1H3,(H,32,34)/t17-/m0/s1. The molecular formula is C26H23F4N3O2. The van der Waals surface area contributed by atoms with Crippen LogP contribution >= 0.6 is 0 Å². The van der Waals surface area contributed by atoms with E-state index in [-0.39, 0.29) is 29.9 Å². The number of fused-ring (bicyclic) bond motifs is 1. The van der Waals surface area contributed by atoms with E-state index in [0.717, 1.165) is 27.9 Å². The predicted molar refractivity (Wildman–Crippen MR) is 123 cm³/mol. The number of ether oxygens (including phenoxy) is 1. The second-order valence-corrected chi connectivity index (χ2v) is 8.17. The van der Waals surface area contributed by atoms with Gasteiger partial charge in [0.2, 0.25) is 5.91 Å². The maximum atomic E-state index is 13.1. The molecule has 5 nitrogen and oxygen atoms in total. The summed E-state index contributed by atoms with van der Waals surface area (Å²) in [5.41, 5.74) is 3.16. The first-order valence-electron chi connectivity index (χ1n) is 11.0. The summed E-state index contributed by atoms with van der Waals surface area (Å²) in [6.45, 7) is 2.20. The largest absolute Gasteiger partial charge is 0.573 e. The zero-order chi connectivity index (χ0) is 25.0. The molecule has 182 valence electrons. The van der Waals surface area contributed by atoms with Crippen LogP contribution in [0.3, 0.4) is 0 Å². The van der Waals surface area contributed by atoms with Gasteiger partial charge in [0.1, 0.15) is 17.2 Å². The summed E-state index contributed by atoms with van der Waals surface area (Å²) in [7, 11) is 0. The molecule has 0 aliphatic heterocycles. The second kappa shape index (κ2) is 10.2. The van der Waals surface area contributed by atoms with E-state index >= 15 is 0 Å². The Kier molecular flexibility index (Phi) is 7.04. The highest BCUT2D eigenvalue weighted by Gasteiger charge is 2.31. The monoisotopic (exact) mass is 485 g/mol. The first-order chi connectivity index (χ1) is 16.7. The third kappa shape index (κ3) is 6.38. The van der Waals surface area contributed by atoms with E-state index in [9.17, 15) is 22.4 Å². The lowest BCUT2D eigenvalue weighted by molar-refractivity contribution is -0.274. The molecule has 0 aliphatic rings. The molecule has 2 aromatic heterocycles. The van der Waals surface area contributed by atoms with E-state index in [1.807, 2.05) is 29.7 Å². The van der Waals surface area contributed by atoms with Crippen LogP contribution in [0.2, 0.25) is 0 Å². The number of aromatic nitrogens is 2. The number of benzene rings is 2. The number of carbonyl (C=O) groups excluding carboxylic acids is 1. The number of alkyl halides is 3. The number of hydrogen-bond acceptors (Lipinski definition) is 3. The van der Waals surface area contributed by atoms with Crippen LogP contribution in [0.25, 0.3) is 11.0 Å². The Morgan fingerprint density at radius 3 is 2.49 bits per heavy atom. The smallest absolute Gasteiger partial charge is 0.406 e. The molecule has 0 aliphatic carbocycles. The first kappa shape index (κ1) is 24.3. The van der Waals surface area contributed by atoms with E-state index in [4.69, 9.17) is 0 Å². The lowest BCUT2D eigenvalue weighted by Crippen LogP contribution is -2.27. The molecule has 0 spiro atoms. The van der Waals surface area contributed by atoms with Gasteiger partial charge in [-0.05, 0) is 66.9 Å². The second-order valence-electron chi connectivity index (χ2n) is 8.17. The van der Waals surface area contributed by atoms with Crippen molar-refractivity contribution in [2.24, 2.45) is 0 Å². The fourth-order valence-electron chi connectivity index (χ4n) is 3.89. The minimum atomic E-state index is -4.75. The van der Waals surface area contributed by atoms with Gasteiger partial charge in [0.25, 0.3) is 0 Å². The van der Waals surface area contributed by atoms with Gasteiger partial charge in [-0.25, -0.2) is 9.37 Å². The lowest BCUT2D eigenvalue weighted by Gasteiger charge is -2.15. The Morgan fingerprint density at radius 2 is 1.80 bits per heavy atom. The van der Waals surface area contributed by atoms with Crippen molar-refractivity contribution < 1.29 is 27.1 Å². The number of halogens is 4. The van der Waals surface area contributed by atoms with Crippen LogP contribution in [-0.4, -0.2) is 21.8 Å². The van der Waals surface area contributed by atoms with E-state index in [1.165, 1.54) is 24.3 Å². The van der Waals surface area contributed by atoms with Crippen LogP contribution in [0.15, 0.2) is 72.9 Å². The zero-order valence-corrected chi connectivity index (χ0v) is 18.8. The summed E-state index contributed by atoms with van der Waals surface area (Å²) in [5.74, 6) is -0.777. The third-order valence-corrected chi connectivity index (χ3v) is 5.59. The van der Waals surface area contributed by atoms with Gasteiger partial charge in [-0.3, -0.25) is 4.79 Å². The molecule has 4 aromatic rings.